The van der Waals surface area contributed by atoms with E-state index in [4.69, 9.17) is 4.74 Å². The van der Waals surface area contributed by atoms with Crippen LogP contribution in [0.4, 0.5) is 0 Å². The van der Waals surface area contributed by atoms with Crippen LogP contribution in [0.5, 0.6) is 11.5 Å². The molecule has 3 nitrogen and oxygen atoms in total. The van der Waals surface area contributed by atoms with Gasteiger partial charge in [-0.25, -0.2) is 0 Å². The third kappa shape index (κ3) is 2.33. The lowest BCUT2D eigenvalue weighted by atomic mass is 10.1. The molecular weight excluding hydrogens is 272 g/mol. The summed E-state index contributed by atoms with van der Waals surface area (Å²) in [5, 5.41) is 8.61. The number of aromatic amines is 1. The summed E-state index contributed by atoms with van der Waals surface area (Å²) >= 11 is 0. The lowest BCUT2D eigenvalue weighted by molar-refractivity contribution is 0.483. The van der Waals surface area contributed by atoms with Gasteiger partial charge in [-0.05, 0) is 24.3 Å². The van der Waals surface area contributed by atoms with Crippen LogP contribution < -0.4 is 4.74 Å². The van der Waals surface area contributed by atoms with Gasteiger partial charge in [0.2, 0.25) is 0 Å². The first-order chi connectivity index (χ1) is 10.9. The zero-order chi connectivity index (χ0) is 14.8. The lowest BCUT2D eigenvalue weighted by Crippen LogP contribution is -1.83. The van der Waals surface area contributed by atoms with E-state index in [1.807, 2.05) is 66.7 Å². The van der Waals surface area contributed by atoms with E-state index in [1.165, 1.54) is 0 Å². The Hall–Kier alpha value is -3.07. The topological polar surface area (TPSA) is 37.9 Å². The van der Waals surface area contributed by atoms with E-state index < -0.39 is 0 Å². The molecule has 1 heterocycles. The SMILES string of the molecule is c1ccc(Oc2ccc3c(-c4ccccc4)n[nH]c3c2)cc1. The van der Waals surface area contributed by atoms with Crippen molar-refractivity contribution < 1.29 is 4.74 Å². The van der Waals surface area contributed by atoms with Gasteiger partial charge in [-0.3, -0.25) is 5.10 Å². The molecule has 4 aromatic rings. The third-order valence-corrected chi connectivity index (χ3v) is 3.56. The minimum absolute atomic E-state index is 0.793. The Morgan fingerprint density at radius 2 is 1.45 bits per heavy atom. The number of aromatic nitrogens is 2. The maximum absolute atomic E-state index is 5.85. The first kappa shape index (κ1) is 12.7. The molecule has 0 atom stereocenters. The summed E-state index contributed by atoms with van der Waals surface area (Å²) in [5.41, 5.74) is 3.03. The zero-order valence-electron chi connectivity index (χ0n) is 11.9. The molecule has 0 unspecified atom stereocenters. The molecule has 0 fully saturated rings. The number of hydrogen-bond acceptors (Lipinski definition) is 2. The normalized spacial score (nSPS) is 10.7. The molecule has 3 aromatic carbocycles. The summed E-state index contributed by atoms with van der Waals surface area (Å²) in [5.74, 6) is 1.62. The minimum atomic E-state index is 0.793. The van der Waals surface area contributed by atoms with E-state index in [0.717, 1.165) is 33.7 Å². The van der Waals surface area contributed by atoms with Gasteiger partial charge >= 0.3 is 0 Å². The molecule has 0 radical (unpaired) electrons. The van der Waals surface area contributed by atoms with E-state index in [9.17, 15) is 0 Å². The number of H-pyrrole nitrogens is 1. The van der Waals surface area contributed by atoms with Crippen molar-refractivity contribution in [1.29, 1.82) is 0 Å². The Morgan fingerprint density at radius 3 is 2.23 bits per heavy atom. The molecule has 0 bridgehead atoms. The molecule has 0 saturated heterocycles. The average molecular weight is 286 g/mol. The highest BCUT2D eigenvalue weighted by atomic mass is 16.5. The van der Waals surface area contributed by atoms with Crippen molar-refractivity contribution in [2.75, 3.05) is 0 Å². The third-order valence-electron chi connectivity index (χ3n) is 3.56. The van der Waals surface area contributed by atoms with Gasteiger partial charge in [0.15, 0.2) is 0 Å². The molecule has 4 rings (SSSR count). The summed E-state index contributed by atoms with van der Waals surface area (Å²) in [6, 6.07) is 25.9. The predicted molar refractivity (Wildman–Crippen MR) is 88.0 cm³/mol. The first-order valence-corrected chi connectivity index (χ1v) is 7.16. The maximum Gasteiger partial charge on any atom is 0.129 e. The molecule has 0 spiro atoms. The largest absolute Gasteiger partial charge is 0.457 e. The van der Waals surface area contributed by atoms with Gasteiger partial charge in [0, 0.05) is 17.0 Å². The number of nitrogens with one attached hydrogen (secondary N) is 1. The molecule has 3 heteroatoms. The maximum atomic E-state index is 5.85. The predicted octanol–water partition coefficient (Wildman–Crippen LogP) is 5.02. The van der Waals surface area contributed by atoms with Crippen LogP contribution in [0, 0.1) is 0 Å². The molecule has 1 N–H and O–H groups in total. The van der Waals surface area contributed by atoms with Gasteiger partial charge in [0.05, 0.1) is 11.2 Å². The fourth-order valence-electron chi connectivity index (χ4n) is 2.50. The Labute approximate surface area is 128 Å². The van der Waals surface area contributed by atoms with Crippen molar-refractivity contribution in [2.24, 2.45) is 0 Å². The van der Waals surface area contributed by atoms with Gasteiger partial charge < -0.3 is 4.74 Å². The standard InChI is InChI=1S/C19H14N2O/c1-3-7-14(8-4-1)19-17-12-11-16(13-18(17)20-21-19)22-15-9-5-2-6-10-15/h1-13H,(H,20,21). The number of nitrogens with zero attached hydrogens (tertiary/aromatic N) is 1. The van der Waals surface area contributed by atoms with Gasteiger partial charge in [-0.2, -0.15) is 5.10 Å². The molecule has 0 saturated carbocycles. The zero-order valence-corrected chi connectivity index (χ0v) is 11.9. The molecular formula is C19H14N2O. The second-order valence-electron chi connectivity index (χ2n) is 5.06. The number of ether oxygens (including phenoxy) is 1. The van der Waals surface area contributed by atoms with E-state index in [2.05, 4.69) is 22.3 Å². The van der Waals surface area contributed by atoms with Crippen LogP contribution in [0.25, 0.3) is 22.2 Å². The van der Waals surface area contributed by atoms with Crippen LogP contribution in [-0.4, -0.2) is 10.2 Å². The minimum Gasteiger partial charge on any atom is -0.457 e. The van der Waals surface area contributed by atoms with E-state index in [1.54, 1.807) is 0 Å². The monoisotopic (exact) mass is 286 g/mol. The first-order valence-electron chi connectivity index (χ1n) is 7.16. The highest BCUT2D eigenvalue weighted by Gasteiger charge is 2.08. The van der Waals surface area contributed by atoms with Gasteiger partial charge in [0.1, 0.15) is 11.5 Å². The van der Waals surface area contributed by atoms with Crippen molar-refractivity contribution >= 4 is 10.9 Å². The summed E-state index contributed by atoms with van der Waals surface area (Å²) in [6.07, 6.45) is 0. The van der Waals surface area contributed by atoms with Crippen LogP contribution in [0.3, 0.4) is 0 Å². The molecule has 1 aromatic heterocycles. The molecule has 0 aliphatic rings. The molecule has 0 aliphatic carbocycles. The Bertz CT molecular complexity index is 899. The van der Waals surface area contributed by atoms with Gasteiger partial charge in [-0.15, -0.1) is 0 Å². The summed E-state index contributed by atoms with van der Waals surface area (Å²) in [6.45, 7) is 0. The molecule has 0 amide bonds. The number of benzene rings is 3. The Balaban J connectivity index is 1.71. The second kappa shape index (κ2) is 5.37. The van der Waals surface area contributed by atoms with Crippen molar-refractivity contribution in [3.05, 3.63) is 78.9 Å². The Morgan fingerprint density at radius 1 is 0.727 bits per heavy atom. The smallest absolute Gasteiger partial charge is 0.129 e. The molecule has 106 valence electrons. The quantitative estimate of drug-likeness (QED) is 0.574. The second-order valence-corrected chi connectivity index (χ2v) is 5.06. The molecule has 0 aliphatic heterocycles. The Kier molecular flexibility index (Phi) is 3.09. The molecule has 22 heavy (non-hydrogen) atoms. The van der Waals surface area contributed by atoms with Crippen LogP contribution >= 0.6 is 0 Å². The lowest BCUT2D eigenvalue weighted by Gasteiger charge is -2.05. The number of hydrogen-bond donors (Lipinski definition) is 1. The number of fused-ring (bicyclic) bond motifs is 1. The fourth-order valence-corrected chi connectivity index (χ4v) is 2.50. The van der Waals surface area contributed by atoms with Crippen molar-refractivity contribution in [3.8, 4) is 22.8 Å². The van der Waals surface area contributed by atoms with E-state index in [-0.39, 0.29) is 0 Å². The average Bonchev–Trinajstić information content (AvgIpc) is 3.00. The van der Waals surface area contributed by atoms with Crippen molar-refractivity contribution in [1.82, 2.24) is 10.2 Å². The van der Waals surface area contributed by atoms with E-state index in [0.29, 0.717) is 0 Å². The van der Waals surface area contributed by atoms with Crippen molar-refractivity contribution in [3.63, 3.8) is 0 Å². The van der Waals surface area contributed by atoms with Crippen LogP contribution in [-0.2, 0) is 0 Å². The van der Waals surface area contributed by atoms with Crippen LogP contribution in [0.2, 0.25) is 0 Å². The number of para-hydroxylation sites is 1. The van der Waals surface area contributed by atoms with Crippen LogP contribution in [0.15, 0.2) is 78.9 Å². The number of rotatable bonds is 3. The van der Waals surface area contributed by atoms with E-state index >= 15 is 0 Å². The highest BCUT2D eigenvalue weighted by molar-refractivity contribution is 5.93. The fraction of sp³-hybridized carbons (Fsp3) is 0. The summed E-state index contributed by atoms with van der Waals surface area (Å²) < 4.78 is 5.85. The highest BCUT2D eigenvalue weighted by Crippen LogP contribution is 2.30. The summed E-state index contributed by atoms with van der Waals surface area (Å²) in [7, 11) is 0. The van der Waals surface area contributed by atoms with Crippen molar-refractivity contribution in [2.45, 2.75) is 0 Å². The van der Waals surface area contributed by atoms with Crippen LogP contribution in [0.1, 0.15) is 0 Å². The summed E-state index contributed by atoms with van der Waals surface area (Å²) in [4.78, 5) is 0. The van der Waals surface area contributed by atoms with Gasteiger partial charge in [0.25, 0.3) is 0 Å². The van der Waals surface area contributed by atoms with Gasteiger partial charge in [-0.1, -0.05) is 48.5 Å².